The van der Waals surface area contributed by atoms with E-state index in [4.69, 9.17) is 0 Å². The quantitative estimate of drug-likeness (QED) is 0.682. The Morgan fingerprint density at radius 2 is 2.00 bits per heavy atom. The number of nitrogens with one attached hydrogen (secondary N) is 2. The lowest BCUT2D eigenvalue weighted by atomic mass is 10.1. The maximum absolute atomic E-state index is 12.1. The second-order valence-corrected chi connectivity index (χ2v) is 6.21. The van der Waals surface area contributed by atoms with Crippen molar-refractivity contribution in [1.82, 2.24) is 20.2 Å². The molecule has 0 aliphatic heterocycles. The third kappa shape index (κ3) is 7.36. The van der Waals surface area contributed by atoms with Gasteiger partial charge < -0.3 is 15.5 Å². The lowest BCUT2D eigenvalue weighted by Gasteiger charge is -2.11. The molecular formula is C16H29N5O. The predicted octanol–water partition coefficient (Wildman–Crippen LogP) is 1.92. The first-order valence-electron chi connectivity index (χ1n) is 7.91. The fraction of sp³-hybridized carbons (Fsp3) is 0.688. The van der Waals surface area contributed by atoms with Crippen LogP contribution in [0.1, 0.15) is 43.0 Å². The molecule has 124 valence electrons. The van der Waals surface area contributed by atoms with E-state index < -0.39 is 0 Å². The number of amides is 1. The van der Waals surface area contributed by atoms with Crippen molar-refractivity contribution in [2.75, 3.05) is 39.0 Å². The van der Waals surface area contributed by atoms with Crippen LogP contribution in [0.2, 0.25) is 0 Å². The van der Waals surface area contributed by atoms with Gasteiger partial charge in [-0.05, 0) is 46.3 Å². The van der Waals surface area contributed by atoms with Crippen molar-refractivity contribution in [3.8, 4) is 0 Å². The largest absolute Gasteiger partial charge is 0.370 e. The normalized spacial score (nSPS) is 11.0. The van der Waals surface area contributed by atoms with Crippen molar-refractivity contribution in [2.24, 2.45) is 5.92 Å². The minimum absolute atomic E-state index is 0.137. The summed E-state index contributed by atoms with van der Waals surface area (Å²) in [5, 5.41) is 6.16. The minimum Gasteiger partial charge on any atom is -0.370 e. The van der Waals surface area contributed by atoms with Crippen LogP contribution in [0.4, 0.5) is 5.82 Å². The van der Waals surface area contributed by atoms with E-state index in [-0.39, 0.29) is 5.91 Å². The van der Waals surface area contributed by atoms with E-state index >= 15 is 0 Å². The first-order valence-corrected chi connectivity index (χ1v) is 7.91. The zero-order chi connectivity index (χ0) is 16.5. The molecule has 0 spiro atoms. The average molecular weight is 307 g/mol. The van der Waals surface area contributed by atoms with E-state index in [0.29, 0.717) is 29.8 Å². The second-order valence-electron chi connectivity index (χ2n) is 6.21. The molecular weight excluding hydrogens is 278 g/mol. The third-order valence-electron chi connectivity index (χ3n) is 3.17. The molecule has 0 aliphatic carbocycles. The lowest BCUT2D eigenvalue weighted by Crippen LogP contribution is -2.26. The van der Waals surface area contributed by atoms with Gasteiger partial charge in [0.25, 0.3) is 5.91 Å². The molecule has 0 bridgehead atoms. The molecule has 0 atom stereocenters. The Labute approximate surface area is 133 Å². The molecule has 0 fully saturated rings. The number of hydrogen-bond acceptors (Lipinski definition) is 5. The Hall–Kier alpha value is -1.69. The molecule has 6 nitrogen and oxygen atoms in total. The Morgan fingerprint density at radius 3 is 2.64 bits per heavy atom. The maximum Gasteiger partial charge on any atom is 0.270 e. The molecule has 1 aromatic heterocycles. The van der Waals surface area contributed by atoms with Crippen molar-refractivity contribution >= 4 is 11.7 Å². The molecule has 2 N–H and O–H groups in total. The number of anilines is 1. The van der Waals surface area contributed by atoms with Crippen molar-refractivity contribution in [3.05, 3.63) is 17.6 Å². The molecule has 1 rings (SSSR count). The number of rotatable bonds is 9. The van der Waals surface area contributed by atoms with Crippen LogP contribution < -0.4 is 10.6 Å². The van der Waals surface area contributed by atoms with Gasteiger partial charge in [-0.25, -0.2) is 9.97 Å². The number of aromatic nitrogens is 2. The van der Waals surface area contributed by atoms with Gasteiger partial charge in [0.15, 0.2) is 0 Å². The molecule has 1 heterocycles. The van der Waals surface area contributed by atoms with E-state index in [1.165, 1.54) is 0 Å². The molecule has 0 aromatic carbocycles. The number of aryl methyl sites for hydroxylation is 1. The van der Waals surface area contributed by atoms with Crippen LogP contribution in [0, 0.1) is 12.8 Å². The summed E-state index contributed by atoms with van der Waals surface area (Å²) in [6, 6.07) is 1.72. The Morgan fingerprint density at radius 1 is 1.27 bits per heavy atom. The molecule has 1 amide bonds. The maximum atomic E-state index is 12.1. The van der Waals surface area contributed by atoms with Crippen LogP contribution >= 0.6 is 0 Å². The number of hydrogen-bond donors (Lipinski definition) is 2. The average Bonchev–Trinajstić information content (AvgIpc) is 2.42. The van der Waals surface area contributed by atoms with E-state index in [1.54, 1.807) is 13.0 Å². The van der Waals surface area contributed by atoms with Crippen LogP contribution in [0.5, 0.6) is 0 Å². The Balaban J connectivity index is 2.55. The summed E-state index contributed by atoms with van der Waals surface area (Å²) >= 11 is 0. The summed E-state index contributed by atoms with van der Waals surface area (Å²) in [4.78, 5) is 22.8. The van der Waals surface area contributed by atoms with Crippen molar-refractivity contribution < 1.29 is 4.79 Å². The van der Waals surface area contributed by atoms with Crippen molar-refractivity contribution in [1.29, 1.82) is 0 Å². The summed E-state index contributed by atoms with van der Waals surface area (Å²) in [6.45, 7) is 8.58. The second kappa shape index (κ2) is 9.35. The van der Waals surface area contributed by atoms with Crippen LogP contribution in [0.15, 0.2) is 6.07 Å². The highest BCUT2D eigenvalue weighted by molar-refractivity contribution is 5.92. The van der Waals surface area contributed by atoms with E-state index in [0.717, 1.165) is 25.9 Å². The SMILES string of the molecule is Cc1nc(NCCCN(C)C)cc(C(=O)NCCC(C)C)n1. The Kier molecular flexibility index (Phi) is 7.80. The van der Waals surface area contributed by atoms with Crippen LogP contribution in [0.3, 0.4) is 0 Å². The highest BCUT2D eigenvalue weighted by atomic mass is 16.1. The summed E-state index contributed by atoms with van der Waals surface area (Å²) in [5.74, 6) is 1.75. The van der Waals surface area contributed by atoms with Gasteiger partial charge in [-0.15, -0.1) is 0 Å². The van der Waals surface area contributed by atoms with Crippen molar-refractivity contribution in [2.45, 2.75) is 33.6 Å². The zero-order valence-electron chi connectivity index (χ0n) is 14.4. The van der Waals surface area contributed by atoms with E-state index in [9.17, 15) is 4.79 Å². The van der Waals surface area contributed by atoms with Gasteiger partial charge in [0.1, 0.15) is 17.3 Å². The molecule has 0 saturated carbocycles. The molecule has 0 unspecified atom stereocenters. The summed E-state index contributed by atoms with van der Waals surface area (Å²) in [5.41, 5.74) is 0.423. The van der Waals surface area contributed by atoms with Crippen LogP contribution in [-0.4, -0.2) is 54.5 Å². The van der Waals surface area contributed by atoms with Gasteiger partial charge in [0.2, 0.25) is 0 Å². The van der Waals surface area contributed by atoms with Gasteiger partial charge in [0.05, 0.1) is 0 Å². The summed E-state index contributed by atoms with van der Waals surface area (Å²) < 4.78 is 0. The summed E-state index contributed by atoms with van der Waals surface area (Å²) in [6.07, 6.45) is 1.98. The standard InChI is InChI=1S/C16H29N5O/c1-12(2)7-9-18-16(22)14-11-15(20-13(3)19-14)17-8-6-10-21(4)5/h11-12H,6-10H2,1-5H3,(H,18,22)(H,17,19,20). The topological polar surface area (TPSA) is 70.2 Å². The molecule has 0 radical (unpaired) electrons. The van der Waals surface area contributed by atoms with Crippen LogP contribution in [0.25, 0.3) is 0 Å². The van der Waals surface area contributed by atoms with Gasteiger partial charge in [-0.1, -0.05) is 13.8 Å². The minimum atomic E-state index is -0.137. The first-order chi connectivity index (χ1) is 10.4. The van der Waals surface area contributed by atoms with Gasteiger partial charge in [-0.3, -0.25) is 4.79 Å². The number of carbonyl (C=O) groups excluding carboxylic acids is 1. The fourth-order valence-electron chi connectivity index (χ4n) is 1.95. The lowest BCUT2D eigenvalue weighted by molar-refractivity contribution is 0.0946. The fourth-order valence-corrected chi connectivity index (χ4v) is 1.95. The van der Waals surface area contributed by atoms with Crippen molar-refractivity contribution in [3.63, 3.8) is 0 Å². The first kappa shape index (κ1) is 18.4. The molecule has 6 heteroatoms. The molecule has 0 aliphatic rings. The number of nitrogens with zero attached hydrogens (tertiary/aromatic N) is 3. The monoisotopic (exact) mass is 307 g/mol. The predicted molar refractivity (Wildman–Crippen MR) is 90.2 cm³/mol. The molecule has 0 saturated heterocycles. The highest BCUT2D eigenvalue weighted by Crippen LogP contribution is 2.07. The van der Waals surface area contributed by atoms with E-state index in [2.05, 4.69) is 53.4 Å². The van der Waals surface area contributed by atoms with E-state index in [1.807, 2.05) is 0 Å². The smallest absolute Gasteiger partial charge is 0.270 e. The van der Waals surface area contributed by atoms with Gasteiger partial charge in [-0.2, -0.15) is 0 Å². The zero-order valence-corrected chi connectivity index (χ0v) is 14.4. The molecule has 1 aromatic rings. The van der Waals surface area contributed by atoms with Gasteiger partial charge in [0, 0.05) is 19.2 Å². The van der Waals surface area contributed by atoms with Crippen LogP contribution in [-0.2, 0) is 0 Å². The van der Waals surface area contributed by atoms with Gasteiger partial charge >= 0.3 is 0 Å². The highest BCUT2D eigenvalue weighted by Gasteiger charge is 2.10. The summed E-state index contributed by atoms with van der Waals surface area (Å²) in [7, 11) is 4.10. The number of carbonyl (C=O) groups is 1. The third-order valence-corrected chi connectivity index (χ3v) is 3.17. The Bertz CT molecular complexity index is 474. The molecule has 22 heavy (non-hydrogen) atoms.